The zero-order valence-electron chi connectivity index (χ0n) is 16.6. The van der Waals surface area contributed by atoms with E-state index in [-0.39, 0.29) is 37.2 Å². The Morgan fingerprint density at radius 3 is 2.66 bits per heavy atom. The van der Waals surface area contributed by atoms with E-state index < -0.39 is 5.97 Å². The third kappa shape index (κ3) is 4.09. The Kier molecular flexibility index (Phi) is 5.47. The number of Topliss-reactive ketones (excluding diaryl/α,β-unsaturated/α-hetero) is 1. The zero-order chi connectivity index (χ0) is 20.4. The molecule has 0 radical (unpaired) electrons. The normalized spacial score (nSPS) is 17.0. The molecule has 0 unspecified atom stereocenters. The molecule has 150 valence electrons. The Balaban J connectivity index is 1.27. The lowest BCUT2D eigenvalue weighted by molar-refractivity contribution is -0.147. The van der Waals surface area contributed by atoms with Gasteiger partial charge in [-0.2, -0.15) is 0 Å². The quantitative estimate of drug-likeness (QED) is 0.557. The lowest BCUT2D eigenvalue weighted by Crippen LogP contribution is -2.38. The molecule has 5 nitrogen and oxygen atoms in total. The molecule has 0 bridgehead atoms. The highest BCUT2D eigenvalue weighted by Crippen LogP contribution is 2.31. The third-order valence-electron chi connectivity index (χ3n) is 5.81. The zero-order valence-corrected chi connectivity index (χ0v) is 16.6. The molecule has 0 N–H and O–H groups in total. The van der Waals surface area contributed by atoms with Gasteiger partial charge in [-0.15, -0.1) is 0 Å². The summed E-state index contributed by atoms with van der Waals surface area (Å²) in [4.78, 5) is 38.7. The predicted molar refractivity (Wildman–Crippen MR) is 110 cm³/mol. The molecule has 0 aromatic heterocycles. The molecule has 1 aliphatic carbocycles. The molecule has 2 aromatic carbocycles. The van der Waals surface area contributed by atoms with Gasteiger partial charge in [-0.25, -0.2) is 0 Å². The van der Waals surface area contributed by atoms with E-state index in [2.05, 4.69) is 0 Å². The summed E-state index contributed by atoms with van der Waals surface area (Å²) in [5, 5.41) is 0. The highest BCUT2D eigenvalue weighted by Gasteiger charge is 2.31. The number of fused-ring (bicyclic) bond motifs is 2. The number of aryl methyl sites for hydroxylation is 2. The number of para-hydroxylation sites is 1. The van der Waals surface area contributed by atoms with E-state index in [9.17, 15) is 14.4 Å². The first-order chi connectivity index (χ1) is 14.0. The Labute approximate surface area is 170 Å². The number of anilines is 1. The maximum atomic E-state index is 12.6. The van der Waals surface area contributed by atoms with Crippen molar-refractivity contribution < 1.29 is 19.1 Å². The number of esters is 1. The number of benzene rings is 2. The summed E-state index contributed by atoms with van der Waals surface area (Å²) in [7, 11) is 0. The molecule has 1 aliphatic heterocycles. The van der Waals surface area contributed by atoms with E-state index in [0.29, 0.717) is 5.56 Å². The van der Waals surface area contributed by atoms with Gasteiger partial charge >= 0.3 is 5.97 Å². The van der Waals surface area contributed by atoms with Crippen LogP contribution >= 0.6 is 0 Å². The smallest absolute Gasteiger partial charge is 0.306 e. The summed E-state index contributed by atoms with van der Waals surface area (Å²) < 4.78 is 5.16. The van der Waals surface area contributed by atoms with Gasteiger partial charge in [-0.05, 0) is 61.4 Å². The Hall–Kier alpha value is -2.95. The first-order valence-electron chi connectivity index (χ1n) is 10.2. The lowest BCUT2D eigenvalue weighted by Gasteiger charge is -2.22. The van der Waals surface area contributed by atoms with Gasteiger partial charge in [0.15, 0.2) is 12.4 Å². The Morgan fingerprint density at radius 2 is 1.79 bits per heavy atom. The minimum Gasteiger partial charge on any atom is -0.456 e. The number of hydrogen-bond donors (Lipinski definition) is 0. The van der Waals surface area contributed by atoms with Crippen molar-refractivity contribution in [1.29, 1.82) is 0 Å². The molecule has 1 heterocycles. The first-order valence-corrected chi connectivity index (χ1v) is 10.2. The van der Waals surface area contributed by atoms with Crippen LogP contribution in [0.4, 0.5) is 5.69 Å². The van der Waals surface area contributed by atoms with Gasteiger partial charge in [0.2, 0.25) is 0 Å². The number of carbonyl (C=O) groups excluding carboxylic acids is 3. The third-order valence-corrected chi connectivity index (χ3v) is 5.81. The molecule has 0 saturated carbocycles. The summed E-state index contributed by atoms with van der Waals surface area (Å²) in [6, 6.07) is 13.6. The predicted octanol–water partition coefficient (Wildman–Crippen LogP) is 3.66. The fourth-order valence-electron chi connectivity index (χ4n) is 4.33. The average Bonchev–Trinajstić information content (AvgIpc) is 3.32. The maximum Gasteiger partial charge on any atom is 0.306 e. The van der Waals surface area contributed by atoms with Gasteiger partial charge in [0.1, 0.15) is 0 Å². The largest absolute Gasteiger partial charge is 0.456 e. The van der Waals surface area contributed by atoms with Crippen molar-refractivity contribution in [2.45, 2.75) is 51.5 Å². The summed E-state index contributed by atoms with van der Waals surface area (Å²) in [5.74, 6) is -0.821. The molecule has 29 heavy (non-hydrogen) atoms. The van der Waals surface area contributed by atoms with Crippen molar-refractivity contribution in [3.05, 3.63) is 64.7 Å². The van der Waals surface area contributed by atoms with Crippen LogP contribution in [0.5, 0.6) is 0 Å². The van der Waals surface area contributed by atoms with Crippen LogP contribution in [0.2, 0.25) is 0 Å². The number of hydrogen-bond acceptors (Lipinski definition) is 4. The number of rotatable bonds is 6. The van der Waals surface area contributed by atoms with Crippen LogP contribution in [0.3, 0.4) is 0 Å². The minimum atomic E-state index is -0.520. The Morgan fingerprint density at radius 1 is 1.00 bits per heavy atom. The second-order valence-corrected chi connectivity index (χ2v) is 7.87. The lowest BCUT2D eigenvalue weighted by atomic mass is 10.0. The molecule has 2 aliphatic rings. The van der Waals surface area contributed by atoms with Gasteiger partial charge in [0.25, 0.3) is 5.91 Å². The summed E-state index contributed by atoms with van der Waals surface area (Å²) in [6.45, 7) is 1.68. The van der Waals surface area contributed by atoms with E-state index in [1.165, 1.54) is 11.1 Å². The van der Waals surface area contributed by atoms with Crippen LogP contribution in [0.1, 0.15) is 53.2 Å². The van der Waals surface area contributed by atoms with Crippen molar-refractivity contribution in [2.24, 2.45) is 0 Å². The van der Waals surface area contributed by atoms with Crippen LogP contribution < -0.4 is 4.90 Å². The first kappa shape index (κ1) is 19.4. The minimum absolute atomic E-state index is 0.0185. The van der Waals surface area contributed by atoms with Gasteiger partial charge in [-0.3, -0.25) is 14.4 Å². The Bertz CT molecular complexity index is 965. The molecule has 1 amide bonds. The van der Waals surface area contributed by atoms with E-state index in [4.69, 9.17) is 4.74 Å². The SMILES string of the molecule is C[C@H]1Cc2ccccc2N1C(=O)COC(=O)CCC(=O)c1ccc2c(c1)CCC2. The van der Waals surface area contributed by atoms with Crippen molar-refractivity contribution in [1.82, 2.24) is 0 Å². The number of nitrogens with zero attached hydrogens (tertiary/aromatic N) is 1. The number of carbonyl (C=O) groups is 3. The standard InChI is InChI=1S/C24H25NO4/c1-16-13-19-5-2-3-8-21(19)25(16)23(27)15-29-24(28)12-11-22(26)20-10-9-17-6-4-7-18(17)14-20/h2-3,5,8-10,14,16H,4,6-7,11-13,15H2,1H3/t16-/m0/s1. The van der Waals surface area contributed by atoms with Gasteiger partial charge in [0, 0.05) is 23.7 Å². The molecule has 1 atom stereocenters. The summed E-state index contributed by atoms with van der Waals surface area (Å²) in [5.41, 5.74) is 5.21. The van der Waals surface area contributed by atoms with E-state index in [0.717, 1.165) is 36.9 Å². The van der Waals surface area contributed by atoms with Crippen LogP contribution in [-0.2, 0) is 33.6 Å². The van der Waals surface area contributed by atoms with Crippen molar-refractivity contribution in [2.75, 3.05) is 11.5 Å². The molecule has 0 saturated heterocycles. The average molecular weight is 391 g/mol. The highest BCUT2D eigenvalue weighted by atomic mass is 16.5. The van der Waals surface area contributed by atoms with Crippen LogP contribution in [0.15, 0.2) is 42.5 Å². The number of ether oxygens (including phenoxy) is 1. The van der Waals surface area contributed by atoms with Gasteiger partial charge in [-0.1, -0.05) is 30.3 Å². The van der Waals surface area contributed by atoms with Crippen molar-refractivity contribution in [3.8, 4) is 0 Å². The molecular formula is C24H25NO4. The highest BCUT2D eigenvalue weighted by molar-refractivity contribution is 5.99. The topological polar surface area (TPSA) is 63.7 Å². The molecule has 0 spiro atoms. The van der Waals surface area contributed by atoms with E-state index in [1.54, 1.807) is 4.90 Å². The second kappa shape index (κ2) is 8.19. The van der Waals surface area contributed by atoms with Crippen LogP contribution in [-0.4, -0.2) is 30.3 Å². The second-order valence-electron chi connectivity index (χ2n) is 7.87. The van der Waals surface area contributed by atoms with E-state index >= 15 is 0 Å². The molecule has 4 rings (SSSR count). The van der Waals surface area contributed by atoms with Crippen LogP contribution in [0.25, 0.3) is 0 Å². The number of amides is 1. The maximum absolute atomic E-state index is 12.6. The van der Waals surface area contributed by atoms with Crippen LogP contribution in [0, 0.1) is 0 Å². The molecule has 0 fully saturated rings. The van der Waals surface area contributed by atoms with Gasteiger partial charge < -0.3 is 9.64 Å². The number of ketones is 1. The monoisotopic (exact) mass is 391 g/mol. The molecular weight excluding hydrogens is 366 g/mol. The summed E-state index contributed by atoms with van der Waals surface area (Å²) >= 11 is 0. The van der Waals surface area contributed by atoms with Crippen molar-refractivity contribution in [3.63, 3.8) is 0 Å². The fraction of sp³-hybridized carbons (Fsp3) is 0.375. The van der Waals surface area contributed by atoms with Gasteiger partial charge in [0.05, 0.1) is 6.42 Å². The fourth-order valence-corrected chi connectivity index (χ4v) is 4.33. The molecule has 2 aromatic rings. The van der Waals surface area contributed by atoms with E-state index in [1.807, 2.05) is 49.4 Å². The summed E-state index contributed by atoms with van der Waals surface area (Å²) in [6.07, 6.45) is 4.09. The van der Waals surface area contributed by atoms with Crippen molar-refractivity contribution >= 4 is 23.3 Å². The molecule has 5 heteroatoms.